The predicted octanol–water partition coefficient (Wildman–Crippen LogP) is 1.81. The standard InChI is InChI=1S/C19H24FN7O3/c1-19(2,10-28)9-23-17(29)12-8-24-27-15(21-3)6-14(26-16(12)27)25-13-5-11(20)7-22-18(13)30-4/h5-8,21,28H,9-10H2,1-4H3,(H,23,29)(H,25,26). The van der Waals surface area contributed by atoms with Crippen LogP contribution in [-0.4, -0.2) is 57.9 Å². The largest absolute Gasteiger partial charge is 0.480 e. The normalized spacial score (nSPS) is 11.4. The third-order valence-electron chi connectivity index (χ3n) is 4.40. The van der Waals surface area contributed by atoms with Crippen LogP contribution in [0.4, 0.5) is 21.7 Å². The number of rotatable bonds is 8. The fourth-order valence-electron chi connectivity index (χ4n) is 2.65. The molecule has 4 N–H and O–H groups in total. The Balaban J connectivity index is 1.97. The molecule has 30 heavy (non-hydrogen) atoms. The molecule has 0 saturated heterocycles. The van der Waals surface area contributed by atoms with Crippen LogP contribution in [0.1, 0.15) is 24.2 Å². The number of hydrogen-bond donors (Lipinski definition) is 4. The van der Waals surface area contributed by atoms with Gasteiger partial charge >= 0.3 is 0 Å². The van der Waals surface area contributed by atoms with E-state index in [1.54, 1.807) is 13.1 Å². The average Bonchev–Trinajstić information content (AvgIpc) is 3.16. The number of ether oxygens (including phenoxy) is 1. The number of amides is 1. The summed E-state index contributed by atoms with van der Waals surface area (Å²) in [5, 5.41) is 22.4. The molecule has 11 heteroatoms. The first-order valence-corrected chi connectivity index (χ1v) is 9.20. The second-order valence-electron chi connectivity index (χ2n) is 7.41. The number of carbonyl (C=O) groups excluding carboxylic acids is 1. The molecule has 0 aliphatic carbocycles. The van der Waals surface area contributed by atoms with Gasteiger partial charge in [-0.3, -0.25) is 4.79 Å². The molecule has 0 radical (unpaired) electrons. The molecule has 0 bridgehead atoms. The van der Waals surface area contributed by atoms with Gasteiger partial charge in [0.25, 0.3) is 5.91 Å². The van der Waals surface area contributed by atoms with Crippen molar-refractivity contribution in [1.82, 2.24) is 24.9 Å². The summed E-state index contributed by atoms with van der Waals surface area (Å²) < 4.78 is 20.3. The number of aromatic nitrogens is 4. The van der Waals surface area contributed by atoms with Gasteiger partial charge in [-0.15, -0.1) is 0 Å². The highest BCUT2D eigenvalue weighted by atomic mass is 19.1. The van der Waals surface area contributed by atoms with E-state index in [2.05, 4.69) is 31.0 Å². The number of nitrogens with one attached hydrogen (secondary N) is 3. The Labute approximate surface area is 172 Å². The number of hydrogen-bond acceptors (Lipinski definition) is 8. The van der Waals surface area contributed by atoms with Gasteiger partial charge < -0.3 is 25.8 Å². The van der Waals surface area contributed by atoms with E-state index in [9.17, 15) is 14.3 Å². The second kappa shape index (κ2) is 8.49. The molecule has 0 aliphatic rings. The van der Waals surface area contributed by atoms with Crippen LogP contribution in [0.3, 0.4) is 0 Å². The molecular weight excluding hydrogens is 393 g/mol. The second-order valence-corrected chi connectivity index (χ2v) is 7.41. The van der Waals surface area contributed by atoms with E-state index in [0.29, 0.717) is 17.3 Å². The van der Waals surface area contributed by atoms with Crippen LogP contribution in [0.5, 0.6) is 5.88 Å². The SMILES string of the molecule is CNc1cc(Nc2cc(F)cnc2OC)nc2c(C(=O)NCC(C)(C)CO)cnn12. The Kier molecular flexibility index (Phi) is 6.01. The lowest BCUT2D eigenvalue weighted by Crippen LogP contribution is -2.36. The number of pyridine rings is 1. The number of nitrogens with zero attached hydrogens (tertiary/aromatic N) is 4. The first-order chi connectivity index (χ1) is 14.3. The van der Waals surface area contributed by atoms with Crippen LogP contribution in [0.15, 0.2) is 24.5 Å². The van der Waals surface area contributed by atoms with Gasteiger partial charge in [0.1, 0.15) is 28.7 Å². The van der Waals surface area contributed by atoms with Gasteiger partial charge in [-0.05, 0) is 0 Å². The Bertz CT molecular complexity index is 1070. The molecular formula is C19H24FN7O3. The van der Waals surface area contributed by atoms with Crippen molar-refractivity contribution in [2.24, 2.45) is 5.41 Å². The summed E-state index contributed by atoms with van der Waals surface area (Å²) in [6.07, 6.45) is 2.46. The highest BCUT2D eigenvalue weighted by Crippen LogP contribution is 2.27. The lowest BCUT2D eigenvalue weighted by molar-refractivity contribution is 0.0912. The molecule has 3 heterocycles. The monoisotopic (exact) mass is 417 g/mol. The summed E-state index contributed by atoms with van der Waals surface area (Å²) in [6, 6.07) is 2.89. The summed E-state index contributed by atoms with van der Waals surface area (Å²) in [7, 11) is 3.13. The summed E-state index contributed by atoms with van der Waals surface area (Å²) in [4.78, 5) is 21.0. The van der Waals surface area contributed by atoms with Crippen molar-refractivity contribution in [3.05, 3.63) is 35.9 Å². The van der Waals surface area contributed by atoms with Crippen LogP contribution in [-0.2, 0) is 0 Å². The van der Waals surface area contributed by atoms with Crippen molar-refractivity contribution in [3.8, 4) is 5.88 Å². The highest BCUT2D eigenvalue weighted by molar-refractivity contribution is 6.00. The number of fused-ring (bicyclic) bond motifs is 1. The molecule has 0 aliphatic heterocycles. The number of aliphatic hydroxyl groups excluding tert-OH is 1. The van der Waals surface area contributed by atoms with Gasteiger partial charge in [-0.25, -0.2) is 14.4 Å². The maximum atomic E-state index is 13.6. The number of aliphatic hydroxyl groups is 1. The first kappa shape index (κ1) is 21.2. The van der Waals surface area contributed by atoms with E-state index >= 15 is 0 Å². The molecule has 10 nitrogen and oxygen atoms in total. The Hall–Kier alpha value is -3.47. The fourth-order valence-corrected chi connectivity index (χ4v) is 2.65. The summed E-state index contributed by atoms with van der Waals surface area (Å²) in [6.45, 7) is 3.89. The molecule has 1 amide bonds. The zero-order valence-electron chi connectivity index (χ0n) is 17.2. The number of halogens is 1. The van der Waals surface area contributed by atoms with Gasteiger partial charge in [0.05, 0.1) is 19.5 Å². The average molecular weight is 417 g/mol. The fraction of sp³-hybridized carbons (Fsp3) is 0.368. The highest BCUT2D eigenvalue weighted by Gasteiger charge is 2.21. The van der Waals surface area contributed by atoms with E-state index in [4.69, 9.17) is 4.74 Å². The Morgan fingerprint density at radius 3 is 2.77 bits per heavy atom. The zero-order valence-corrected chi connectivity index (χ0v) is 17.2. The summed E-state index contributed by atoms with van der Waals surface area (Å²) in [5.41, 5.74) is 0.377. The minimum absolute atomic E-state index is 0.0677. The minimum Gasteiger partial charge on any atom is -0.480 e. The molecule has 0 fully saturated rings. The number of carbonyl (C=O) groups is 1. The number of anilines is 3. The third-order valence-corrected chi connectivity index (χ3v) is 4.40. The molecule has 0 spiro atoms. The van der Waals surface area contributed by atoms with Gasteiger partial charge in [0.15, 0.2) is 5.65 Å². The van der Waals surface area contributed by atoms with Crippen molar-refractivity contribution in [3.63, 3.8) is 0 Å². The zero-order chi connectivity index (χ0) is 21.9. The lowest BCUT2D eigenvalue weighted by atomic mass is 9.95. The maximum Gasteiger partial charge on any atom is 0.256 e. The molecule has 160 valence electrons. The summed E-state index contributed by atoms with van der Waals surface area (Å²) in [5.74, 6) is 0.178. The van der Waals surface area contributed by atoms with Crippen LogP contribution >= 0.6 is 0 Å². The maximum absolute atomic E-state index is 13.6. The van der Waals surface area contributed by atoms with Gasteiger partial charge in [-0.1, -0.05) is 13.8 Å². The molecule has 3 aromatic heterocycles. The van der Waals surface area contributed by atoms with E-state index in [1.807, 2.05) is 13.8 Å². The molecule has 0 atom stereocenters. The Morgan fingerprint density at radius 1 is 1.33 bits per heavy atom. The van der Waals surface area contributed by atoms with E-state index in [1.165, 1.54) is 23.9 Å². The molecule has 0 saturated carbocycles. The van der Waals surface area contributed by atoms with Crippen LogP contribution < -0.4 is 20.7 Å². The predicted molar refractivity (Wildman–Crippen MR) is 110 cm³/mol. The molecule has 0 aromatic carbocycles. The minimum atomic E-state index is -0.538. The molecule has 3 aromatic rings. The van der Waals surface area contributed by atoms with Gasteiger partial charge in [0.2, 0.25) is 5.88 Å². The van der Waals surface area contributed by atoms with Crippen LogP contribution in [0.2, 0.25) is 0 Å². The molecule has 0 unspecified atom stereocenters. The first-order valence-electron chi connectivity index (χ1n) is 9.20. The van der Waals surface area contributed by atoms with Crippen molar-refractivity contribution in [1.29, 1.82) is 0 Å². The van der Waals surface area contributed by atoms with E-state index in [-0.39, 0.29) is 36.2 Å². The smallest absolute Gasteiger partial charge is 0.256 e. The Morgan fingerprint density at radius 2 is 2.10 bits per heavy atom. The number of methoxy groups -OCH3 is 1. The third kappa shape index (κ3) is 4.40. The van der Waals surface area contributed by atoms with Crippen molar-refractivity contribution in [2.75, 3.05) is 37.9 Å². The van der Waals surface area contributed by atoms with E-state index < -0.39 is 11.2 Å². The topological polar surface area (TPSA) is 126 Å². The van der Waals surface area contributed by atoms with E-state index in [0.717, 1.165) is 6.20 Å². The van der Waals surface area contributed by atoms with Crippen molar-refractivity contribution < 1.29 is 19.0 Å². The van der Waals surface area contributed by atoms with Gasteiger partial charge in [0, 0.05) is 37.7 Å². The van der Waals surface area contributed by atoms with Crippen LogP contribution in [0, 0.1) is 11.2 Å². The molecule has 3 rings (SSSR count). The van der Waals surface area contributed by atoms with Crippen LogP contribution in [0.25, 0.3) is 5.65 Å². The quantitative estimate of drug-likeness (QED) is 0.437. The van der Waals surface area contributed by atoms with Crippen molar-refractivity contribution >= 4 is 28.9 Å². The van der Waals surface area contributed by atoms with Crippen molar-refractivity contribution in [2.45, 2.75) is 13.8 Å². The van der Waals surface area contributed by atoms with Gasteiger partial charge in [-0.2, -0.15) is 9.61 Å². The summed E-state index contributed by atoms with van der Waals surface area (Å²) >= 11 is 0. The lowest BCUT2D eigenvalue weighted by Gasteiger charge is -2.21.